The Balaban J connectivity index is 2.68. The minimum atomic E-state index is -0.504. The number of nitrogens with one attached hydrogen (secondary N) is 1. The molecule has 1 rings (SSSR count). The zero-order valence-corrected chi connectivity index (χ0v) is 14.1. The Morgan fingerprint density at radius 1 is 1.38 bits per heavy atom. The molecule has 21 heavy (non-hydrogen) atoms. The van der Waals surface area contributed by atoms with Crippen LogP contribution in [-0.2, 0) is 14.3 Å². The Labute approximate surface area is 128 Å². The lowest BCUT2D eigenvalue weighted by atomic mass is 9.85. The van der Waals surface area contributed by atoms with Crippen LogP contribution >= 0.6 is 0 Å². The van der Waals surface area contributed by atoms with Crippen LogP contribution in [-0.4, -0.2) is 48.6 Å². The first-order valence-electron chi connectivity index (χ1n) is 7.95. The van der Waals surface area contributed by atoms with E-state index < -0.39 is 6.04 Å². The Kier molecular flexibility index (Phi) is 6.65. The molecule has 1 N–H and O–H groups in total. The summed E-state index contributed by atoms with van der Waals surface area (Å²) in [6.07, 6.45) is 2.95. The lowest BCUT2D eigenvalue weighted by molar-refractivity contribution is -0.141. The molecule has 1 aliphatic heterocycles. The molecule has 0 aromatic heterocycles. The summed E-state index contributed by atoms with van der Waals surface area (Å²) in [5, 5.41) is 2.86. The van der Waals surface area contributed by atoms with E-state index in [0.717, 1.165) is 25.8 Å². The zero-order chi connectivity index (χ0) is 16.0. The minimum Gasteiger partial charge on any atom is -0.372 e. The number of amides is 2. The van der Waals surface area contributed by atoms with Gasteiger partial charge in [0.05, 0.1) is 0 Å². The molecule has 0 radical (unpaired) electrons. The maximum Gasteiger partial charge on any atom is 0.246 e. The van der Waals surface area contributed by atoms with Crippen LogP contribution < -0.4 is 5.32 Å². The Bertz CT molecular complexity index is 363. The fraction of sp³-hybridized carbons (Fsp3) is 0.875. The molecule has 1 heterocycles. The van der Waals surface area contributed by atoms with Crippen LogP contribution in [0.25, 0.3) is 0 Å². The van der Waals surface area contributed by atoms with Gasteiger partial charge in [-0.3, -0.25) is 9.59 Å². The molecule has 1 fully saturated rings. The van der Waals surface area contributed by atoms with Gasteiger partial charge in [-0.2, -0.15) is 0 Å². The summed E-state index contributed by atoms with van der Waals surface area (Å²) in [6.45, 7) is 11.4. The molecule has 0 aliphatic carbocycles. The van der Waals surface area contributed by atoms with Gasteiger partial charge in [0.25, 0.3) is 0 Å². The zero-order valence-electron chi connectivity index (χ0n) is 14.1. The second kappa shape index (κ2) is 7.78. The third-order valence-corrected chi connectivity index (χ3v) is 3.84. The summed E-state index contributed by atoms with van der Waals surface area (Å²) < 4.78 is 5.25. The largest absolute Gasteiger partial charge is 0.372 e. The number of carbonyl (C=O) groups excluding carboxylic acids is 2. The first kappa shape index (κ1) is 18.0. The van der Waals surface area contributed by atoms with E-state index in [9.17, 15) is 9.59 Å². The van der Waals surface area contributed by atoms with Gasteiger partial charge >= 0.3 is 0 Å². The lowest BCUT2D eigenvalue weighted by Crippen LogP contribution is -2.56. The fourth-order valence-electron chi connectivity index (χ4n) is 2.59. The van der Waals surface area contributed by atoms with Crippen molar-refractivity contribution >= 4 is 11.8 Å². The number of hydrogen-bond acceptors (Lipinski definition) is 3. The van der Waals surface area contributed by atoms with Crippen LogP contribution in [0.3, 0.4) is 0 Å². The van der Waals surface area contributed by atoms with Crippen LogP contribution in [0.5, 0.6) is 0 Å². The quantitative estimate of drug-likeness (QED) is 0.763. The number of ether oxygens (including phenoxy) is 1. The summed E-state index contributed by atoms with van der Waals surface area (Å²) in [7, 11) is 0. The normalized spacial score (nSPS) is 20.4. The molecule has 1 unspecified atom stereocenters. The van der Waals surface area contributed by atoms with Crippen LogP contribution in [0.1, 0.15) is 53.9 Å². The first-order chi connectivity index (χ1) is 9.77. The summed E-state index contributed by atoms with van der Waals surface area (Å²) in [4.78, 5) is 26.6. The molecule has 0 spiro atoms. The van der Waals surface area contributed by atoms with E-state index >= 15 is 0 Å². The SMILES string of the molecule is CCCOCC(=O)NC(C(=O)N1CCC[C@H]1C)C(C)(C)C. The van der Waals surface area contributed by atoms with Crippen molar-refractivity contribution in [1.29, 1.82) is 0 Å². The number of likely N-dealkylation sites (tertiary alicyclic amines) is 1. The van der Waals surface area contributed by atoms with Crippen molar-refractivity contribution < 1.29 is 14.3 Å². The van der Waals surface area contributed by atoms with Gasteiger partial charge in [-0.25, -0.2) is 0 Å². The second-order valence-electron chi connectivity index (χ2n) is 6.94. The number of carbonyl (C=O) groups is 2. The van der Waals surface area contributed by atoms with Crippen LogP contribution in [0.2, 0.25) is 0 Å². The van der Waals surface area contributed by atoms with Crippen molar-refractivity contribution in [3.8, 4) is 0 Å². The lowest BCUT2D eigenvalue weighted by Gasteiger charge is -2.35. The molecule has 1 saturated heterocycles. The highest BCUT2D eigenvalue weighted by Crippen LogP contribution is 2.25. The van der Waals surface area contributed by atoms with E-state index in [1.807, 2.05) is 32.6 Å². The smallest absolute Gasteiger partial charge is 0.246 e. The highest BCUT2D eigenvalue weighted by atomic mass is 16.5. The Morgan fingerprint density at radius 3 is 2.52 bits per heavy atom. The second-order valence-corrected chi connectivity index (χ2v) is 6.94. The van der Waals surface area contributed by atoms with Gasteiger partial charge in [0.15, 0.2) is 0 Å². The van der Waals surface area contributed by atoms with Gasteiger partial charge in [0, 0.05) is 19.2 Å². The monoisotopic (exact) mass is 298 g/mol. The van der Waals surface area contributed by atoms with Crippen LogP contribution in [0, 0.1) is 5.41 Å². The number of hydrogen-bond donors (Lipinski definition) is 1. The molecular formula is C16H30N2O3. The number of nitrogens with zero attached hydrogens (tertiary/aromatic N) is 1. The predicted octanol–water partition coefficient (Wildman–Crippen LogP) is 1.95. The van der Waals surface area contributed by atoms with E-state index in [1.165, 1.54) is 0 Å². The fourth-order valence-corrected chi connectivity index (χ4v) is 2.59. The summed E-state index contributed by atoms with van der Waals surface area (Å²) in [5.41, 5.74) is -0.320. The maximum atomic E-state index is 12.7. The molecule has 0 aromatic rings. The molecular weight excluding hydrogens is 268 g/mol. The summed E-state index contributed by atoms with van der Waals surface area (Å²) in [6, 6.07) is -0.244. The highest BCUT2D eigenvalue weighted by molar-refractivity contribution is 5.89. The van der Waals surface area contributed by atoms with Crippen molar-refractivity contribution in [3.05, 3.63) is 0 Å². The van der Waals surface area contributed by atoms with Gasteiger partial charge in [-0.15, -0.1) is 0 Å². The molecule has 122 valence electrons. The first-order valence-corrected chi connectivity index (χ1v) is 7.95. The average molecular weight is 298 g/mol. The van der Waals surface area contributed by atoms with Crippen molar-refractivity contribution in [1.82, 2.24) is 10.2 Å². The molecule has 0 saturated carbocycles. The molecule has 2 atom stereocenters. The predicted molar refractivity (Wildman–Crippen MR) is 82.9 cm³/mol. The van der Waals surface area contributed by atoms with Crippen LogP contribution in [0.15, 0.2) is 0 Å². The molecule has 0 aromatic carbocycles. The minimum absolute atomic E-state index is 0.0171. The van der Waals surface area contributed by atoms with E-state index in [-0.39, 0.29) is 29.9 Å². The molecule has 5 nitrogen and oxygen atoms in total. The van der Waals surface area contributed by atoms with E-state index in [1.54, 1.807) is 0 Å². The molecule has 0 bridgehead atoms. The Morgan fingerprint density at radius 2 is 2.05 bits per heavy atom. The van der Waals surface area contributed by atoms with Gasteiger partial charge in [-0.05, 0) is 31.6 Å². The van der Waals surface area contributed by atoms with E-state index in [0.29, 0.717) is 6.61 Å². The highest BCUT2D eigenvalue weighted by Gasteiger charge is 2.38. The van der Waals surface area contributed by atoms with Gasteiger partial charge in [0.2, 0.25) is 11.8 Å². The molecule has 2 amide bonds. The summed E-state index contributed by atoms with van der Waals surface area (Å²) in [5.74, 6) is -0.195. The van der Waals surface area contributed by atoms with Crippen molar-refractivity contribution in [3.63, 3.8) is 0 Å². The Hall–Kier alpha value is -1.10. The molecule has 5 heteroatoms. The molecule has 1 aliphatic rings. The topological polar surface area (TPSA) is 58.6 Å². The summed E-state index contributed by atoms with van der Waals surface area (Å²) >= 11 is 0. The third-order valence-electron chi connectivity index (χ3n) is 3.84. The van der Waals surface area contributed by atoms with Crippen LogP contribution in [0.4, 0.5) is 0 Å². The maximum absolute atomic E-state index is 12.7. The standard InChI is InChI=1S/C16H30N2O3/c1-6-10-21-11-13(19)17-14(16(3,4)5)15(20)18-9-7-8-12(18)2/h12,14H,6-11H2,1-5H3,(H,17,19)/t12-,14?/m1/s1. The van der Waals surface area contributed by atoms with Crippen molar-refractivity contribution in [2.75, 3.05) is 19.8 Å². The van der Waals surface area contributed by atoms with Crippen molar-refractivity contribution in [2.24, 2.45) is 5.41 Å². The van der Waals surface area contributed by atoms with Gasteiger partial charge in [-0.1, -0.05) is 27.7 Å². The van der Waals surface area contributed by atoms with Crippen molar-refractivity contribution in [2.45, 2.75) is 66.0 Å². The van der Waals surface area contributed by atoms with Gasteiger partial charge < -0.3 is 15.0 Å². The number of rotatable bonds is 6. The van der Waals surface area contributed by atoms with Gasteiger partial charge in [0.1, 0.15) is 12.6 Å². The average Bonchev–Trinajstić information content (AvgIpc) is 2.80. The third kappa shape index (κ3) is 5.30. The van der Waals surface area contributed by atoms with E-state index in [4.69, 9.17) is 4.74 Å². The van der Waals surface area contributed by atoms with E-state index in [2.05, 4.69) is 12.2 Å².